The Labute approximate surface area is 240 Å². The number of carbonyl (C=O) groups is 1. The summed E-state index contributed by atoms with van der Waals surface area (Å²) in [5.41, 5.74) is 1.80. The lowest BCUT2D eigenvalue weighted by Crippen LogP contribution is -2.53. The van der Waals surface area contributed by atoms with Gasteiger partial charge in [0.05, 0.1) is 17.7 Å². The fraction of sp³-hybridized carbons (Fsp3) is 0.400. The van der Waals surface area contributed by atoms with Crippen molar-refractivity contribution in [2.75, 3.05) is 51.3 Å². The number of amides is 1. The summed E-state index contributed by atoms with van der Waals surface area (Å²) in [6.07, 6.45) is 3.80. The van der Waals surface area contributed by atoms with E-state index in [2.05, 4.69) is 37.1 Å². The summed E-state index contributed by atoms with van der Waals surface area (Å²) in [6.45, 7) is 6.57. The number of piperidine rings is 1. The monoisotopic (exact) mass is 571 g/mol. The Morgan fingerprint density at radius 3 is 2.42 bits per heavy atom. The molecule has 0 saturated carbocycles. The van der Waals surface area contributed by atoms with Crippen LogP contribution in [-0.2, 0) is 13.1 Å². The van der Waals surface area contributed by atoms with Gasteiger partial charge in [-0.2, -0.15) is 0 Å². The van der Waals surface area contributed by atoms with Crippen LogP contribution in [0.1, 0.15) is 35.8 Å². The van der Waals surface area contributed by atoms with E-state index >= 15 is 0 Å². The number of piperazine rings is 1. The van der Waals surface area contributed by atoms with Gasteiger partial charge in [-0.05, 0) is 55.8 Å². The molecule has 0 aliphatic carbocycles. The van der Waals surface area contributed by atoms with Crippen molar-refractivity contribution in [3.63, 3.8) is 0 Å². The standard InChI is InChI=1S/C30H34ClF2N5O2.H2/c1-40-26-6-2-21(3-7-26)20-36-10-8-25(9-11-36)37-12-14-38(15-13-37)29-27(31)16-23(19-34-29)30(39)35-18-22-4-5-24(32)17-28(22)33;/h2-7,16-17,19,25H,8-15,18,20H2,1H3,(H,35,39);1H. The maximum absolute atomic E-state index is 13.9. The van der Waals surface area contributed by atoms with E-state index in [9.17, 15) is 13.6 Å². The van der Waals surface area contributed by atoms with Crippen LogP contribution in [0.2, 0.25) is 5.02 Å². The molecule has 0 spiro atoms. The zero-order valence-electron chi connectivity index (χ0n) is 22.6. The van der Waals surface area contributed by atoms with E-state index < -0.39 is 17.5 Å². The average molecular weight is 572 g/mol. The second-order valence-electron chi connectivity index (χ2n) is 10.3. The molecule has 0 atom stereocenters. The number of benzene rings is 2. The predicted molar refractivity (Wildman–Crippen MR) is 154 cm³/mol. The lowest BCUT2D eigenvalue weighted by molar-refractivity contribution is 0.0950. The topological polar surface area (TPSA) is 60.9 Å². The van der Waals surface area contributed by atoms with Crippen LogP contribution in [0, 0.1) is 11.6 Å². The molecule has 0 unspecified atom stereocenters. The van der Waals surface area contributed by atoms with Crippen LogP contribution in [0.5, 0.6) is 5.75 Å². The molecule has 3 aromatic rings. The number of hydrogen-bond acceptors (Lipinski definition) is 6. The minimum atomic E-state index is -0.704. The fourth-order valence-corrected chi connectivity index (χ4v) is 5.75. The van der Waals surface area contributed by atoms with Gasteiger partial charge in [0.1, 0.15) is 23.2 Å². The first kappa shape index (κ1) is 28.3. The number of rotatable bonds is 8. The number of pyridine rings is 1. The number of methoxy groups -OCH3 is 1. The predicted octanol–water partition coefficient (Wildman–Crippen LogP) is 4.98. The fourth-order valence-electron chi connectivity index (χ4n) is 5.46. The number of halogens is 3. The highest BCUT2D eigenvalue weighted by atomic mass is 35.5. The number of nitrogens with one attached hydrogen (secondary N) is 1. The van der Waals surface area contributed by atoms with Gasteiger partial charge in [-0.1, -0.05) is 29.8 Å². The Morgan fingerprint density at radius 1 is 1.05 bits per heavy atom. The number of likely N-dealkylation sites (tertiary alicyclic amines) is 1. The number of nitrogens with zero attached hydrogens (tertiary/aromatic N) is 4. The molecule has 214 valence electrons. The van der Waals surface area contributed by atoms with Gasteiger partial charge in [0, 0.05) is 64.6 Å². The first-order valence-electron chi connectivity index (χ1n) is 13.6. The maximum Gasteiger partial charge on any atom is 0.253 e. The third-order valence-electron chi connectivity index (χ3n) is 7.79. The average Bonchev–Trinajstić information content (AvgIpc) is 2.97. The zero-order valence-corrected chi connectivity index (χ0v) is 23.3. The van der Waals surface area contributed by atoms with Gasteiger partial charge >= 0.3 is 0 Å². The molecular formula is C30H36ClF2N5O2. The highest BCUT2D eigenvalue weighted by Crippen LogP contribution is 2.27. The summed E-state index contributed by atoms with van der Waals surface area (Å²) in [6, 6.07) is 13.7. The Balaban J connectivity index is 0.00000387. The third kappa shape index (κ3) is 6.89. The van der Waals surface area contributed by atoms with Gasteiger partial charge in [-0.15, -0.1) is 0 Å². The molecule has 3 heterocycles. The first-order chi connectivity index (χ1) is 19.4. The molecule has 2 aliphatic rings. The van der Waals surface area contributed by atoms with Crippen molar-refractivity contribution in [3.8, 4) is 5.75 Å². The van der Waals surface area contributed by atoms with E-state index in [1.807, 2.05) is 12.1 Å². The van der Waals surface area contributed by atoms with Gasteiger partial charge < -0.3 is 15.0 Å². The van der Waals surface area contributed by atoms with Crippen LogP contribution < -0.4 is 15.0 Å². The van der Waals surface area contributed by atoms with Crippen molar-refractivity contribution >= 4 is 23.3 Å². The van der Waals surface area contributed by atoms with Crippen molar-refractivity contribution in [1.29, 1.82) is 0 Å². The van der Waals surface area contributed by atoms with E-state index in [4.69, 9.17) is 16.3 Å². The summed E-state index contributed by atoms with van der Waals surface area (Å²) in [5, 5.41) is 3.04. The summed E-state index contributed by atoms with van der Waals surface area (Å²) in [7, 11) is 1.69. The molecule has 40 heavy (non-hydrogen) atoms. The minimum absolute atomic E-state index is 0. The molecule has 5 rings (SSSR count). The van der Waals surface area contributed by atoms with Crippen LogP contribution in [0.3, 0.4) is 0 Å². The van der Waals surface area contributed by atoms with Gasteiger partial charge in [0.25, 0.3) is 5.91 Å². The minimum Gasteiger partial charge on any atom is -0.497 e. The van der Waals surface area contributed by atoms with Gasteiger partial charge in [0.2, 0.25) is 0 Å². The molecule has 7 nitrogen and oxygen atoms in total. The second kappa shape index (κ2) is 12.9. The Kier molecular flexibility index (Phi) is 9.14. The van der Waals surface area contributed by atoms with Crippen molar-refractivity contribution in [3.05, 3.63) is 88.1 Å². The zero-order chi connectivity index (χ0) is 28.1. The van der Waals surface area contributed by atoms with Gasteiger partial charge in [-0.3, -0.25) is 14.6 Å². The molecule has 2 aliphatic heterocycles. The van der Waals surface area contributed by atoms with E-state index in [0.29, 0.717) is 16.9 Å². The number of ether oxygens (including phenoxy) is 1. The molecule has 2 aromatic carbocycles. The first-order valence-corrected chi connectivity index (χ1v) is 14.0. The summed E-state index contributed by atoms with van der Waals surface area (Å²) >= 11 is 6.54. The maximum atomic E-state index is 13.9. The van der Waals surface area contributed by atoms with Gasteiger partial charge in [0.15, 0.2) is 0 Å². The van der Waals surface area contributed by atoms with E-state index in [-0.39, 0.29) is 19.1 Å². The second-order valence-corrected chi connectivity index (χ2v) is 10.7. The molecule has 2 saturated heterocycles. The number of hydrogen-bond donors (Lipinski definition) is 1. The Bertz CT molecular complexity index is 1320. The summed E-state index contributed by atoms with van der Waals surface area (Å²) in [5.74, 6) is -0.239. The van der Waals surface area contributed by atoms with Crippen molar-refractivity contribution < 1.29 is 19.7 Å². The molecule has 1 amide bonds. The van der Waals surface area contributed by atoms with Gasteiger partial charge in [-0.25, -0.2) is 13.8 Å². The SMILES string of the molecule is COc1ccc(CN2CCC(N3CCN(c4ncc(C(=O)NCc5ccc(F)cc5F)cc4Cl)CC3)CC2)cc1.[HH]. The van der Waals surface area contributed by atoms with Crippen molar-refractivity contribution in [2.24, 2.45) is 0 Å². The molecule has 10 heteroatoms. The molecule has 2 fully saturated rings. The molecule has 1 N–H and O–H groups in total. The molecule has 0 radical (unpaired) electrons. The number of anilines is 1. The summed E-state index contributed by atoms with van der Waals surface area (Å²) < 4.78 is 32.2. The van der Waals surface area contributed by atoms with E-state index in [0.717, 1.165) is 76.5 Å². The van der Waals surface area contributed by atoms with Crippen LogP contribution in [-0.4, -0.2) is 73.1 Å². The largest absolute Gasteiger partial charge is 0.497 e. The number of carbonyl (C=O) groups excluding carboxylic acids is 1. The lowest BCUT2D eigenvalue weighted by atomic mass is 10.0. The highest BCUT2D eigenvalue weighted by Gasteiger charge is 2.28. The summed E-state index contributed by atoms with van der Waals surface area (Å²) in [4.78, 5) is 24.3. The Hall–Kier alpha value is -3.27. The quantitative estimate of drug-likeness (QED) is 0.411. The van der Waals surface area contributed by atoms with Crippen LogP contribution in [0.4, 0.5) is 14.6 Å². The van der Waals surface area contributed by atoms with Crippen molar-refractivity contribution in [1.82, 2.24) is 20.1 Å². The normalized spacial score (nSPS) is 17.1. The highest BCUT2D eigenvalue weighted by molar-refractivity contribution is 6.33. The molecule has 1 aromatic heterocycles. The Morgan fingerprint density at radius 2 is 1.77 bits per heavy atom. The third-order valence-corrected chi connectivity index (χ3v) is 8.07. The smallest absolute Gasteiger partial charge is 0.253 e. The number of aromatic nitrogens is 1. The van der Waals surface area contributed by atoms with E-state index in [1.165, 1.54) is 17.8 Å². The molecular weight excluding hydrogens is 536 g/mol. The van der Waals surface area contributed by atoms with Crippen LogP contribution in [0.25, 0.3) is 0 Å². The van der Waals surface area contributed by atoms with Crippen LogP contribution >= 0.6 is 11.6 Å². The lowest BCUT2D eigenvalue weighted by Gasteiger charge is -2.43. The van der Waals surface area contributed by atoms with Crippen LogP contribution in [0.15, 0.2) is 54.7 Å². The molecule has 0 bridgehead atoms. The van der Waals surface area contributed by atoms with Crippen molar-refractivity contribution in [2.45, 2.75) is 32.0 Å². The van der Waals surface area contributed by atoms with E-state index in [1.54, 1.807) is 13.2 Å².